The summed E-state index contributed by atoms with van der Waals surface area (Å²) in [5.41, 5.74) is 0.576. The van der Waals surface area contributed by atoms with Gasteiger partial charge in [0, 0.05) is 5.69 Å². The molecule has 94 valence electrons. The van der Waals surface area contributed by atoms with Gasteiger partial charge in [0.2, 0.25) is 0 Å². The Kier molecular flexibility index (Phi) is 3.93. The Balaban J connectivity index is 2.59. The number of anilines is 1. The first kappa shape index (κ1) is 13.3. The highest BCUT2D eigenvalue weighted by molar-refractivity contribution is 5.85. The van der Waals surface area contributed by atoms with Gasteiger partial charge in [-0.3, -0.25) is 5.32 Å². The second-order valence-electron chi connectivity index (χ2n) is 3.28. The lowest BCUT2D eigenvalue weighted by atomic mass is 10.2. The van der Waals surface area contributed by atoms with E-state index in [9.17, 15) is 22.4 Å². The van der Waals surface area contributed by atoms with Crippen molar-refractivity contribution in [1.82, 2.24) is 0 Å². The molecule has 0 atom stereocenters. The molecular weight excluding hydrogens is 242 g/mol. The standard InChI is InChI=1S/C10H9F4NO2/c1-6-2-3-7(11)4-8(6)15-9(16)17-5-10(12,13)14/h2-4H,5H2,1H3,(H,15,16). The van der Waals surface area contributed by atoms with Crippen molar-refractivity contribution >= 4 is 11.8 Å². The van der Waals surface area contributed by atoms with Crippen molar-refractivity contribution in [2.75, 3.05) is 11.9 Å². The van der Waals surface area contributed by atoms with Crippen LogP contribution in [0, 0.1) is 12.7 Å². The molecule has 0 bridgehead atoms. The second-order valence-corrected chi connectivity index (χ2v) is 3.28. The van der Waals surface area contributed by atoms with Crippen LogP contribution in [0.1, 0.15) is 5.56 Å². The Labute approximate surface area is 94.4 Å². The fraction of sp³-hybridized carbons (Fsp3) is 0.300. The summed E-state index contributed by atoms with van der Waals surface area (Å²) in [7, 11) is 0. The van der Waals surface area contributed by atoms with Crippen molar-refractivity contribution in [3.63, 3.8) is 0 Å². The number of alkyl halides is 3. The number of carbonyl (C=O) groups is 1. The molecule has 0 saturated carbocycles. The molecule has 0 heterocycles. The minimum Gasteiger partial charge on any atom is -0.440 e. The van der Waals surface area contributed by atoms with Crippen LogP contribution in [0.15, 0.2) is 18.2 Å². The van der Waals surface area contributed by atoms with Gasteiger partial charge in [-0.1, -0.05) is 6.07 Å². The molecule has 0 aromatic heterocycles. The van der Waals surface area contributed by atoms with Gasteiger partial charge >= 0.3 is 12.3 Å². The van der Waals surface area contributed by atoms with Gasteiger partial charge in [-0.25, -0.2) is 9.18 Å². The first-order valence-electron chi connectivity index (χ1n) is 4.54. The SMILES string of the molecule is Cc1ccc(F)cc1NC(=O)OCC(F)(F)F. The maximum Gasteiger partial charge on any atom is 0.422 e. The number of carbonyl (C=O) groups excluding carboxylic acids is 1. The lowest BCUT2D eigenvalue weighted by Crippen LogP contribution is -2.23. The van der Waals surface area contributed by atoms with Crippen molar-refractivity contribution in [1.29, 1.82) is 0 Å². The Hall–Kier alpha value is -1.79. The number of benzene rings is 1. The molecule has 1 rings (SSSR count). The number of halogens is 4. The number of nitrogens with one attached hydrogen (secondary N) is 1. The lowest BCUT2D eigenvalue weighted by molar-refractivity contribution is -0.159. The summed E-state index contributed by atoms with van der Waals surface area (Å²) in [5.74, 6) is -0.610. The zero-order chi connectivity index (χ0) is 13.1. The highest BCUT2D eigenvalue weighted by Gasteiger charge is 2.29. The van der Waals surface area contributed by atoms with Crippen molar-refractivity contribution in [3.8, 4) is 0 Å². The zero-order valence-electron chi connectivity index (χ0n) is 8.77. The number of hydrogen-bond donors (Lipinski definition) is 1. The minimum absolute atomic E-state index is 0.0668. The molecule has 3 nitrogen and oxygen atoms in total. The molecule has 1 amide bonds. The predicted molar refractivity (Wildman–Crippen MR) is 52.2 cm³/mol. The van der Waals surface area contributed by atoms with Crippen LogP contribution >= 0.6 is 0 Å². The van der Waals surface area contributed by atoms with Gasteiger partial charge in [0.05, 0.1) is 0 Å². The highest BCUT2D eigenvalue weighted by atomic mass is 19.4. The summed E-state index contributed by atoms with van der Waals surface area (Å²) in [6, 6.07) is 3.54. The molecule has 0 aliphatic heterocycles. The van der Waals surface area contributed by atoms with Crippen molar-refractivity contribution < 1.29 is 27.1 Å². The largest absolute Gasteiger partial charge is 0.440 e. The number of rotatable bonds is 2. The van der Waals surface area contributed by atoms with Crippen LogP contribution in [0.2, 0.25) is 0 Å². The fourth-order valence-electron chi connectivity index (χ4n) is 1.02. The topological polar surface area (TPSA) is 38.3 Å². The molecule has 1 N–H and O–H groups in total. The number of hydrogen-bond acceptors (Lipinski definition) is 2. The average molecular weight is 251 g/mol. The molecule has 1 aromatic rings. The quantitative estimate of drug-likeness (QED) is 0.819. The zero-order valence-corrected chi connectivity index (χ0v) is 8.77. The van der Waals surface area contributed by atoms with E-state index >= 15 is 0 Å². The molecular formula is C10H9F4NO2. The van der Waals surface area contributed by atoms with E-state index in [1.165, 1.54) is 12.1 Å². The third-order valence-electron chi connectivity index (χ3n) is 1.80. The first-order chi connectivity index (χ1) is 7.78. The monoisotopic (exact) mass is 251 g/mol. The van der Waals surface area contributed by atoms with Gasteiger partial charge in [-0.2, -0.15) is 13.2 Å². The molecule has 0 aliphatic rings. The summed E-state index contributed by atoms with van der Waals surface area (Å²) in [6.45, 7) is -0.119. The van der Waals surface area contributed by atoms with Crippen LogP contribution in [0.4, 0.5) is 28.0 Å². The smallest absolute Gasteiger partial charge is 0.422 e. The molecule has 0 saturated heterocycles. The van der Waals surface area contributed by atoms with Gasteiger partial charge < -0.3 is 4.74 Å². The average Bonchev–Trinajstić information content (AvgIpc) is 2.20. The maximum absolute atomic E-state index is 12.8. The van der Waals surface area contributed by atoms with E-state index in [0.29, 0.717) is 5.56 Å². The number of amides is 1. The van der Waals surface area contributed by atoms with E-state index < -0.39 is 24.7 Å². The maximum atomic E-state index is 12.8. The number of ether oxygens (including phenoxy) is 1. The van der Waals surface area contributed by atoms with E-state index in [-0.39, 0.29) is 5.69 Å². The second kappa shape index (κ2) is 5.03. The highest BCUT2D eigenvalue weighted by Crippen LogP contribution is 2.18. The van der Waals surface area contributed by atoms with E-state index in [0.717, 1.165) is 6.07 Å². The number of aryl methyl sites for hydroxylation is 1. The van der Waals surface area contributed by atoms with Gasteiger partial charge in [0.25, 0.3) is 0 Å². The van der Waals surface area contributed by atoms with Crippen molar-refractivity contribution in [3.05, 3.63) is 29.6 Å². The molecule has 0 radical (unpaired) electrons. The van der Waals surface area contributed by atoms with Crippen LogP contribution in [-0.4, -0.2) is 18.9 Å². The third kappa shape index (κ3) is 4.71. The minimum atomic E-state index is -4.59. The molecule has 0 aliphatic carbocycles. The molecule has 7 heteroatoms. The molecule has 17 heavy (non-hydrogen) atoms. The van der Waals surface area contributed by atoms with Crippen LogP contribution in [0.3, 0.4) is 0 Å². The summed E-state index contributed by atoms with van der Waals surface area (Å²) in [6.07, 6.45) is -5.87. The summed E-state index contributed by atoms with van der Waals surface area (Å²) >= 11 is 0. The predicted octanol–water partition coefficient (Wildman–Crippen LogP) is 3.24. The Morgan fingerprint density at radius 2 is 2.06 bits per heavy atom. The van der Waals surface area contributed by atoms with E-state index in [2.05, 4.69) is 4.74 Å². The van der Waals surface area contributed by atoms with Crippen LogP contribution in [-0.2, 0) is 4.74 Å². The van der Waals surface area contributed by atoms with Crippen molar-refractivity contribution in [2.24, 2.45) is 0 Å². The lowest BCUT2D eigenvalue weighted by Gasteiger charge is -2.10. The third-order valence-corrected chi connectivity index (χ3v) is 1.80. The van der Waals surface area contributed by atoms with E-state index in [4.69, 9.17) is 0 Å². The van der Waals surface area contributed by atoms with Gasteiger partial charge in [0.1, 0.15) is 5.82 Å². The Morgan fingerprint density at radius 3 is 2.65 bits per heavy atom. The summed E-state index contributed by atoms with van der Waals surface area (Å²) < 4.78 is 51.9. The first-order valence-corrected chi connectivity index (χ1v) is 4.54. The molecule has 0 spiro atoms. The Bertz CT molecular complexity index is 417. The van der Waals surface area contributed by atoms with E-state index in [1.54, 1.807) is 6.92 Å². The normalized spacial score (nSPS) is 11.1. The molecule has 0 unspecified atom stereocenters. The Morgan fingerprint density at radius 1 is 1.41 bits per heavy atom. The fourth-order valence-corrected chi connectivity index (χ4v) is 1.02. The van der Waals surface area contributed by atoms with E-state index in [1.807, 2.05) is 5.32 Å². The van der Waals surface area contributed by atoms with Crippen LogP contribution in [0.5, 0.6) is 0 Å². The van der Waals surface area contributed by atoms with Gasteiger partial charge in [-0.05, 0) is 24.6 Å². The molecule has 1 aromatic carbocycles. The summed E-state index contributed by atoms with van der Waals surface area (Å²) in [5, 5.41) is 2.02. The van der Waals surface area contributed by atoms with Crippen molar-refractivity contribution in [2.45, 2.75) is 13.1 Å². The van der Waals surface area contributed by atoms with Crippen LogP contribution in [0.25, 0.3) is 0 Å². The molecule has 0 fully saturated rings. The summed E-state index contributed by atoms with van der Waals surface area (Å²) in [4.78, 5) is 11.0. The van der Waals surface area contributed by atoms with Crippen LogP contribution < -0.4 is 5.32 Å². The van der Waals surface area contributed by atoms with Gasteiger partial charge in [0.15, 0.2) is 6.61 Å². The van der Waals surface area contributed by atoms with Gasteiger partial charge in [-0.15, -0.1) is 0 Å².